The topological polar surface area (TPSA) is 26.3 Å². The Morgan fingerprint density at radius 1 is 1.29 bits per heavy atom. The SMILES string of the molecule is CC(=O)OC1(C(C)C)CC2CC1C1CCCC21. The van der Waals surface area contributed by atoms with Crippen LogP contribution in [-0.2, 0) is 9.53 Å². The van der Waals surface area contributed by atoms with Crippen LogP contribution in [0.1, 0.15) is 52.9 Å². The van der Waals surface area contributed by atoms with Gasteiger partial charge in [-0.2, -0.15) is 0 Å². The minimum atomic E-state index is -0.123. The van der Waals surface area contributed by atoms with Gasteiger partial charge in [-0.15, -0.1) is 0 Å². The molecular weight excluding hydrogens is 212 g/mol. The molecule has 0 amide bonds. The summed E-state index contributed by atoms with van der Waals surface area (Å²) in [4.78, 5) is 11.5. The molecule has 3 fully saturated rings. The zero-order valence-corrected chi connectivity index (χ0v) is 11.2. The van der Waals surface area contributed by atoms with Crippen molar-refractivity contribution in [1.82, 2.24) is 0 Å². The lowest BCUT2D eigenvalue weighted by molar-refractivity contribution is -0.175. The molecule has 96 valence electrons. The molecule has 0 heterocycles. The van der Waals surface area contributed by atoms with E-state index < -0.39 is 0 Å². The van der Waals surface area contributed by atoms with Crippen LogP contribution in [0.4, 0.5) is 0 Å². The van der Waals surface area contributed by atoms with Crippen LogP contribution in [0, 0.1) is 29.6 Å². The largest absolute Gasteiger partial charge is 0.459 e. The van der Waals surface area contributed by atoms with E-state index in [-0.39, 0.29) is 11.6 Å². The lowest BCUT2D eigenvalue weighted by Gasteiger charge is -2.44. The second-order valence-corrected chi connectivity index (χ2v) is 6.77. The lowest BCUT2D eigenvalue weighted by Crippen LogP contribution is -2.48. The maximum atomic E-state index is 11.5. The number of hydrogen-bond donors (Lipinski definition) is 0. The van der Waals surface area contributed by atoms with Crippen LogP contribution in [0.5, 0.6) is 0 Å². The Bertz CT molecular complexity index is 336. The first-order valence-electron chi connectivity index (χ1n) is 7.24. The van der Waals surface area contributed by atoms with E-state index in [4.69, 9.17) is 4.74 Å². The van der Waals surface area contributed by atoms with E-state index >= 15 is 0 Å². The molecule has 3 saturated carbocycles. The van der Waals surface area contributed by atoms with Gasteiger partial charge in [0.15, 0.2) is 0 Å². The van der Waals surface area contributed by atoms with Crippen LogP contribution in [0.2, 0.25) is 0 Å². The van der Waals surface area contributed by atoms with Gasteiger partial charge in [-0.3, -0.25) is 4.79 Å². The Kier molecular flexibility index (Phi) is 2.53. The summed E-state index contributed by atoms with van der Waals surface area (Å²) in [6, 6.07) is 0. The average Bonchev–Trinajstić information content (AvgIpc) is 2.83. The molecule has 0 aromatic rings. The quantitative estimate of drug-likeness (QED) is 0.687. The van der Waals surface area contributed by atoms with E-state index in [1.54, 1.807) is 6.92 Å². The van der Waals surface area contributed by atoms with Crippen molar-refractivity contribution in [2.24, 2.45) is 29.6 Å². The van der Waals surface area contributed by atoms with Crippen molar-refractivity contribution in [2.75, 3.05) is 0 Å². The fraction of sp³-hybridized carbons (Fsp3) is 0.933. The van der Waals surface area contributed by atoms with Crippen LogP contribution in [0.15, 0.2) is 0 Å². The second kappa shape index (κ2) is 3.73. The van der Waals surface area contributed by atoms with Crippen molar-refractivity contribution in [3.63, 3.8) is 0 Å². The first kappa shape index (κ1) is 11.6. The molecule has 2 heteroatoms. The third-order valence-electron chi connectivity index (χ3n) is 5.82. The molecule has 5 unspecified atom stereocenters. The fourth-order valence-corrected chi connectivity index (χ4v) is 5.30. The standard InChI is InChI=1S/C15H24O2/c1-9(2)15(17-10(3)16)8-11-7-14(15)13-6-4-5-12(11)13/h9,11-14H,4-8H2,1-3H3. The molecule has 2 nitrogen and oxygen atoms in total. The van der Waals surface area contributed by atoms with Gasteiger partial charge in [-0.05, 0) is 49.4 Å². The number of carbonyl (C=O) groups excluding carboxylic acids is 1. The Morgan fingerprint density at radius 2 is 2.00 bits per heavy atom. The van der Waals surface area contributed by atoms with Crippen molar-refractivity contribution in [3.05, 3.63) is 0 Å². The number of fused-ring (bicyclic) bond motifs is 5. The summed E-state index contributed by atoms with van der Waals surface area (Å²) in [6.45, 7) is 6.03. The van der Waals surface area contributed by atoms with Crippen molar-refractivity contribution in [1.29, 1.82) is 0 Å². The molecule has 0 radical (unpaired) electrons. The van der Waals surface area contributed by atoms with E-state index in [1.807, 2.05) is 0 Å². The highest BCUT2D eigenvalue weighted by Crippen LogP contribution is 2.65. The van der Waals surface area contributed by atoms with Crippen molar-refractivity contribution >= 4 is 5.97 Å². The number of hydrogen-bond acceptors (Lipinski definition) is 2. The molecule has 0 spiro atoms. The van der Waals surface area contributed by atoms with E-state index in [1.165, 1.54) is 25.7 Å². The smallest absolute Gasteiger partial charge is 0.303 e. The molecule has 3 rings (SSSR count). The van der Waals surface area contributed by atoms with Gasteiger partial charge in [0.1, 0.15) is 5.60 Å². The van der Waals surface area contributed by atoms with Gasteiger partial charge in [0, 0.05) is 12.8 Å². The highest BCUT2D eigenvalue weighted by atomic mass is 16.6. The number of rotatable bonds is 2. The molecule has 5 atom stereocenters. The van der Waals surface area contributed by atoms with Gasteiger partial charge in [-0.25, -0.2) is 0 Å². The molecule has 0 aromatic heterocycles. The maximum Gasteiger partial charge on any atom is 0.303 e. The molecular formula is C15H24O2. The monoisotopic (exact) mass is 236 g/mol. The fourth-order valence-electron chi connectivity index (χ4n) is 5.30. The molecule has 0 aromatic carbocycles. The first-order chi connectivity index (χ1) is 8.04. The molecule has 3 aliphatic carbocycles. The average molecular weight is 236 g/mol. The van der Waals surface area contributed by atoms with Gasteiger partial charge >= 0.3 is 5.97 Å². The van der Waals surface area contributed by atoms with Crippen molar-refractivity contribution < 1.29 is 9.53 Å². The summed E-state index contributed by atoms with van der Waals surface area (Å²) in [7, 11) is 0. The van der Waals surface area contributed by atoms with Gasteiger partial charge < -0.3 is 4.74 Å². The molecule has 17 heavy (non-hydrogen) atoms. The van der Waals surface area contributed by atoms with Gasteiger partial charge in [0.25, 0.3) is 0 Å². The Labute approximate surface area is 104 Å². The Morgan fingerprint density at radius 3 is 2.65 bits per heavy atom. The highest BCUT2D eigenvalue weighted by molar-refractivity contribution is 5.66. The summed E-state index contributed by atoms with van der Waals surface area (Å²) < 4.78 is 5.86. The molecule has 2 bridgehead atoms. The third kappa shape index (κ3) is 1.49. The van der Waals surface area contributed by atoms with Crippen LogP contribution in [0.3, 0.4) is 0 Å². The summed E-state index contributed by atoms with van der Waals surface area (Å²) in [5, 5.41) is 0. The molecule has 3 aliphatic rings. The normalized spacial score (nSPS) is 47.5. The van der Waals surface area contributed by atoms with Crippen LogP contribution in [-0.4, -0.2) is 11.6 Å². The minimum Gasteiger partial charge on any atom is -0.459 e. The van der Waals surface area contributed by atoms with Crippen molar-refractivity contribution in [2.45, 2.75) is 58.5 Å². The van der Waals surface area contributed by atoms with E-state index in [0.29, 0.717) is 11.8 Å². The van der Waals surface area contributed by atoms with Gasteiger partial charge in [-0.1, -0.05) is 20.3 Å². The Balaban J connectivity index is 1.90. The van der Waals surface area contributed by atoms with Crippen molar-refractivity contribution in [3.8, 4) is 0 Å². The number of esters is 1. The third-order valence-corrected chi connectivity index (χ3v) is 5.82. The van der Waals surface area contributed by atoms with E-state index in [0.717, 1.165) is 24.2 Å². The molecule has 0 N–H and O–H groups in total. The Hall–Kier alpha value is -0.530. The summed E-state index contributed by atoms with van der Waals surface area (Å²) >= 11 is 0. The highest BCUT2D eigenvalue weighted by Gasteiger charge is 2.63. The summed E-state index contributed by atoms with van der Waals surface area (Å²) in [6.07, 6.45) is 6.66. The van der Waals surface area contributed by atoms with Gasteiger partial charge in [0.05, 0.1) is 0 Å². The second-order valence-electron chi connectivity index (χ2n) is 6.77. The van der Waals surface area contributed by atoms with Crippen LogP contribution < -0.4 is 0 Å². The van der Waals surface area contributed by atoms with Crippen LogP contribution in [0.25, 0.3) is 0 Å². The first-order valence-corrected chi connectivity index (χ1v) is 7.24. The van der Waals surface area contributed by atoms with E-state index in [9.17, 15) is 4.79 Å². The predicted molar refractivity (Wildman–Crippen MR) is 66.4 cm³/mol. The van der Waals surface area contributed by atoms with Gasteiger partial charge in [0.2, 0.25) is 0 Å². The number of ether oxygens (including phenoxy) is 1. The summed E-state index contributed by atoms with van der Waals surface area (Å²) in [5.74, 6) is 3.69. The zero-order chi connectivity index (χ0) is 12.2. The predicted octanol–water partition coefficient (Wildman–Crippen LogP) is 3.40. The number of carbonyl (C=O) groups is 1. The minimum absolute atomic E-state index is 0.0826. The summed E-state index contributed by atoms with van der Waals surface area (Å²) in [5.41, 5.74) is -0.123. The molecule has 0 aliphatic heterocycles. The lowest BCUT2D eigenvalue weighted by atomic mass is 9.68. The zero-order valence-electron chi connectivity index (χ0n) is 11.2. The van der Waals surface area contributed by atoms with Crippen LogP contribution >= 0.6 is 0 Å². The van der Waals surface area contributed by atoms with E-state index in [2.05, 4.69) is 13.8 Å². The maximum absolute atomic E-state index is 11.5. The molecule has 0 saturated heterocycles.